The summed E-state index contributed by atoms with van der Waals surface area (Å²) in [5.74, 6) is -0.904. The van der Waals surface area contributed by atoms with Crippen LogP contribution in [0.15, 0.2) is 45.3 Å². The Labute approximate surface area is 173 Å². The maximum atomic E-state index is 12.7. The largest absolute Gasteiger partial charge is 0.466 e. The lowest BCUT2D eigenvalue weighted by atomic mass is 9.89. The van der Waals surface area contributed by atoms with E-state index in [1.165, 1.54) is 12.1 Å². The van der Waals surface area contributed by atoms with Crippen molar-refractivity contribution in [3.8, 4) is 0 Å². The molecule has 1 aliphatic rings. The van der Waals surface area contributed by atoms with Crippen molar-refractivity contribution in [2.75, 3.05) is 6.61 Å². The molecule has 0 saturated heterocycles. The summed E-state index contributed by atoms with van der Waals surface area (Å²) in [6.07, 6.45) is -0.119. The lowest BCUT2D eigenvalue weighted by molar-refractivity contribution is -0.384. The quantitative estimate of drug-likeness (QED) is 0.332. The molecule has 8 heteroatoms. The number of nitro benzene ring substituents is 1. The van der Waals surface area contributed by atoms with Gasteiger partial charge in [-0.3, -0.25) is 14.9 Å². The molecule has 2 atom stereocenters. The van der Waals surface area contributed by atoms with Gasteiger partial charge in [0.25, 0.3) is 5.69 Å². The van der Waals surface area contributed by atoms with Crippen molar-refractivity contribution in [1.82, 2.24) is 0 Å². The van der Waals surface area contributed by atoms with E-state index in [4.69, 9.17) is 9.47 Å². The third-order valence-corrected chi connectivity index (χ3v) is 6.02. The average Bonchev–Trinajstić information content (AvgIpc) is 2.86. The number of rotatable bonds is 4. The number of hydrogen-bond donors (Lipinski definition) is 0. The van der Waals surface area contributed by atoms with Crippen LogP contribution in [0.4, 0.5) is 5.69 Å². The molecule has 0 saturated carbocycles. The summed E-state index contributed by atoms with van der Waals surface area (Å²) in [5, 5.41) is 10.9. The normalized spacial score (nSPS) is 19.1. The monoisotopic (exact) mass is 497 g/mol. The highest BCUT2D eigenvalue weighted by molar-refractivity contribution is 9.11. The second-order valence-corrected chi connectivity index (χ2v) is 7.84. The van der Waals surface area contributed by atoms with Crippen LogP contribution in [0.5, 0.6) is 0 Å². The highest BCUT2D eigenvalue weighted by atomic mass is 79.9. The van der Waals surface area contributed by atoms with E-state index in [1.54, 1.807) is 19.1 Å². The molecule has 142 valence electrons. The summed E-state index contributed by atoms with van der Waals surface area (Å²) < 4.78 is 13.2. The summed E-state index contributed by atoms with van der Waals surface area (Å²) in [5.41, 5.74) is 2.67. The smallest absolute Gasteiger partial charge is 0.312 e. The molecule has 0 amide bonds. The molecule has 2 aromatic carbocycles. The van der Waals surface area contributed by atoms with Crippen molar-refractivity contribution in [3.63, 3.8) is 0 Å². The first kappa shape index (κ1) is 20.0. The van der Waals surface area contributed by atoms with Crippen molar-refractivity contribution in [2.24, 2.45) is 5.92 Å². The van der Waals surface area contributed by atoms with Crippen LogP contribution in [-0.4, -0.2) is 17.5 Å². The molecular weight excluding hydrogens is 482 g/mol. The Kier molecular flexibility index (Phi) is 6.29. The van der Waals surface area contributed by atoms with Gasteiger partial charge in [0.05, 0.1) is 30.2 Å². The molecule has 1 heterocycles. The summed E-state index contributed by atoms with van der Waals surface area (Å²) >= 11 is 7.11. The number of nitrogens with zero attached hydrogens (tertiary/aromatic N) is 1. The van der Waals surface area contributed by atoms with Crippen LogP contribution in [0, 0.1) is 16.0 Å². The first-order valence-corrected chi connectivity index (χ1v) is 9.99. The summed E-state index contributed by atoms with van der Waals surface area (Å²) in [4.78, 5) is 23.1. The van der Waals surface area contributed by atoms with Gasteiger partial charge < -0.3 is 9.47 Å². The molecule has 1 aliphatic heterocycles. The van der Waals surface area contributed by atoms with Crippen molar-refractivity contribution in [1.29, 1.82) is 0 Å². The van der Waals surface area contributed by atoms with Crippen LogP contribution in [0.3, 0.4) is 0 Å². The Hall–Kier alpha value is -1.77. The zero-order valence-electron chi connectivity index (χ0n) is 14.5. The van der Waals surface area contributed by atoms with Gasteiger partial charge in [-0.2, -0.15) is 0 Å². The van der Waals surface area contributed by atoms with Crippen molar-refractivity contribution < 1.29 is 19.2 Å². The number of carbonyl (C=O) groups is 1. The number of fused-ring (bicyclic) bond motifs is 1. The molecule has 0 radical (unpaired) electrons. The minimum Gasteiger partial charge on any atom is -0.466 e. The van der Waals surface area contributed by atoms with Gasteiger partial charge in [0.1, 0.15) is 0 Å². The van der Waals surface area contributed by atoms with Gasteiger partial charge in [-0.1, -0.05) is 31.9 Å². The van der Waals surface area contributed by atoms with Gasteiger partial charge in [-0.25, -0.2) is 0 Å². The molecule has 6 nitrogen and oxygen atoms in total. The first-order chi connectivity index (χ1) is 12.9. The fourth-order valence-corrected chi connectivity index (χ4v) is 4.22. The Morgan fingerprint density at radius 3 is 2.41 bits per heavy atom. The lowest BCUT2D eigenvalue weighted by Crippen LogP contribution is -2.27. The topological polar surface area (TPSA) is 78.7 Å². The maximum Gasteiger partial charge on any atom is 0.312 e. The van der Waals surface area contributed by atoms with Gasteiger partial charge in [-0.05, 0) is 54.3 Å². The SMILES string of the molecule is CCOC(=O)C1Cc2c(Br)ccc(Br)c2COC1c1ccc([N+](=O)[O-])cc1. The van der Waals surface area contributed by atoms with Crippen LogP contribution >= 0.6 is 31.9 Å². The van der Waals surface area contributed by atoms with Crippen molar-refractivity contribution >= 4 is 43.5 Å². The number of hydrogen-bond acceptors (Lipinski definition) is 5. The van der Waals surface area contributed by atoms with Crippen LogP contribution in [0.25, 0.3) is 0 Å². The minimum atomic E-state index is -0.559. The van der Waals surface area contributed by atoms with Gasteiger partial charge in [0, 0.05) is 21.1 Å². The molecule has 0 fully saturated rings. The van der Waals surface area contributed by atoms with E-state index in [1.807, 2.05) is 12.1 Å². The number of halogens is 2. The molecule has 0 bridgehead atoms. The average molecular weight is 499 g/mol. The number of non-ortho nitro benzene ring substituents is 1. The number of benzene rings is 2. The van der Waals surface area contributed by atoms with Crippen LogP contribution in [-0.2, 0) is 27.3 Å². The van der Waals surface area contributed by atoms with E-state index in [0.29, 0.717) is 18.6 Å². The summed E-state index contributed by atoms with van der Waals surface area (Å²) in [7, 11) is 0. The molecule has 2 aromatic rings. The van der Waals surface area contributed by atoms with E-state index < -0.39 is 16.9 Å². The standard InChI is InChI=1S/C19H17Br2NO5/c1-2-26-19(23)14-9-13-15(17(21)8-7-16(13)20)10-27-18(14)11-3-5-12(6-4-11)22(24)25/h3-8,14,18H,2,9-10H2,1H3. The summed E-state index contributed by atoms with van der Waals surface area (Å²) in [6, 6.07) is 9.97. The predicted molar refractivity (Wildman–Crippen MR) is 106 cm³/mol. The zero-order valence-corrected chi connectivity index (χ0v) is 17.7. The Balaban J connectivity index is 2.01. The maximum absolute atomic E-state index is 12.7. The van der Waals surface area contributed by atoms with E-state index in [2.05, 4.69) is 31.9 Å². The third-order valence-electron chi connectivity index (χ3n) is 4.54. The highest BCUT2D eigenvalue weighted by Crippen LogP contribution is 2.40. The lowest BCUT2D eigenvalue weighted by Gasteiger charge is -2.24. The fraction of sp³-hybridized carbons (Fsp3) is 0.316. The number of esters is 1. The molecule has 27 heavy (non-hydrogen) atoms. The Morgan fingerprint density at radius 2 is 1.81 bits per heavy atom. The van der Waals surface area contributed by atoms with Gasteiger partial charge in [-0.15, -0.1) is 0 Å². The molecule has 0 aromatic heterocycles. The fourth-order valence-electron chi connectivity index (χ4n) is 3.20. The van der Waals surface area contributed by atoms with Crippen molar-refractivity contribution in [3.05, 3.63) is 72.1 Å². The number of nitro groups is 1. The predicted octanol–water partition coefficient (Wildman–Crippen LogP) is 5.11. The van der Waals surface area contributed by atoms with E-state index >= 15 is 0 Å². The van der Waals surface area contributed by atoms with E-state index in [-0.39, 0.29) is 18.3 Å². The molecule has 3 rings (SSSR count). The Bertz CT molecular complexity index is 869. The molecule has 2 unspecified atom stereocenters. The van der Waals surface area contributed by atoms with Gasteiger partial charge in [0.2, 0.25) is 0 Å². The number of ether oxygens (including phenoxy) is 2. The van der Waals surface area contributed by atoms with E-state index in [9.17, 15) is 14.9 Å². The second kappa shape index (κ2) is 8.50. The minimum absolute atomic E-state index is 0.00571. The van der Waals surface area contributed by atoms with Gasteiger partial charge in [0.15, 0.2) is 0 Å². The molecule has 0 spiro atoms. The molecule has 0 aliphatic carbocycles. The highest BCUT2D eigenvalue weighted by Gasteiger charge is 2.36. The molecular formula is C19H17Br2NO5. The zero-order chi connectivity index (χ0) is 19.6. The van der Waals surface area contributed by atoms with Crippen molar-refractivity contribution in [2.45, 2.75) is 26.1 Å². The molecule has 0 N–H and O–H groups in total. The van der Waals surface area contributed by atoms with Crippen LogP contribution in [0.2, 0.25) is 0 Å². The van der Waals surface area contributed by atoms with Crippen LogP contribution < -0.4 is 0 Å². The van der Waals surface area contributed by atoms with Crippen LogP contribution in [0.1, 0.15) is 29.7 Å². The van der Waals surface area contributed by atoms with E-state index in [0.717, 1.165) is 20.1 Å². The summed E-state index contributed by atoms with van der Waals surface area (Å²) in [6.45, 7) is 2.35. The van der Waals surface area contributed by atoms with Gasteiger partial charge >= 0.3 is 5.97 Å². The number of carbonyl (C=O) groups excluding carboxylic acids is 1. The third kappa shape index (κ3) is 4.23. The Morgan fingerprint density at radius 1 is 1.19 bits per heavy atom. The first-order valence-electron chi connectivity index (χ1n) is 8.40. The second-order valence-electron chi connectivity index (χ2n) is 6.13.